The molecule has 1 aromatic rings. The van der Waals surface area contributed by atoms with Crippen molar-refractivity contribution in [1.29, 1.82) is 0 Å². The number of rotatable bonds is 4. The van der Waals surface area contributed by atoms with Crippen molar-refractivity contribution in [2.45, 2.75) is 39.0 Å². The molecule has 0 unspecified atom stereocenters. The molecule has 5 nitrogen and oxygen atoms in total. The highest BCUT2D eigenvalue weighted by atomic mass is 16.1. The lowest BCUT2D eigenvalue weighted by molar-refractivity contribution is -0.121. The van der Waals surface area contributed by atoms with Crippen LogP contribution in [0, 0.1) is 11.8 Å². The first-order chi connectivity index (χ1) is 9.61. The van der Waals surface area contributed by atoms with Crippen molar-refractivity contribution in [3.8, 4) is 0 Å². The Morgan fingerprint density at radius 1 is 1.35 bits per heavy atom. The van der Waals surface area contributed by atoms with Crippen LogP contribution in [-0.4, -0.2) is 30.0 Å². The molecular formula is C15H24N4O. The molecule has 1 N–H and O–H groups in total. The SMILES string of the molecule is CCC1CCC(C(=O)Nc2cncnc2N(C)C)CC1. The van der Waals surface area contributed by atoms with Gasteiger partial charge in [0.25, 0.3) is 0 Å². The van der Waals surface area contributed by atoms with Crippen LogP contribution in [0.15, 0.2) is 12.5 Å². The molecule has 1 heterocycles. The molecule has 0 saturated heterocycles. The van der Waals surface area contributed by atoms with Gasteiger partial charge in [0, 0.05) is 20.0 Å². The van der Waals surface area contributed by atoms with E-state index in [1.165, 1.54) is 25.6 Å². The fourth-order valence-electron chi connectivity index (χ4n) is 2.84. The van der Waals surface area contributed by atoms with Crippen LogP contribution in [-0.2, 0) is 4.79 Å². The Balaban J connectivity index is 1.98. The molecule has 5 heteroatoms. The first-order valence-electron chi connectivity index (χ1n) is 7.40. The third kappa shape index (κ3) is 3.46. The zero-order valence-corrected chi connectivity index (χ0v) is 12.6. The monoisotopic (exact) mass is 276 g/mol. The number of anilines is 2. The van der Waals surface area contributed by atoms with Crippen molar-refractivity contribution in [2.24, 2.45) is 11.8 Å². The van der Waals surface area contributed by atoms with Crippen LogP contribution in [0.25, 0.3) is 0 Å². The maximum Gasteiger partial charge on any atom is 0.227 e. The van der Waals surface area contributed by atoms with E-state index < -0.39 is 0 Å². The number of hydrogen-bond donors (Lipinski definition) is 1. The van der Waals surface area contributed by atoms with E-state index in [1.807, 2.05) is 19.0 Å². The van der Waals surface area contributed by atoms with Crippen LogP contribution in [0.1, 0.15) is 39.0 Å². The highest BCUT2D eigenvalue weighted by Crippen LogP contribution is 2.31. The smallest absolute Gasteiger partial charge is 0.227 e. The molecule has 0 atom stereocenters. The van der Waals surface area contributed by atoms with E-state index >= 15 is 0 Å². The summed E-state index contributed by atoms with van der Waals surface area (Å²) in [5.74, 6) is 1.79. The number of aromatic nitrogens is 2. The lowest BCUT2D eigenvalue weighted by atomic mass is 9.80. The minimum absolute atomic E-state index is 0.109. The molecule has 1 aliphatic carbocycles. The summed E-state index contributed by atoms with van der Waals surface area (Å²) in [7, 11) is 3.81. The Kier molecular flexibility index (Phi) is 4.93. The van der Waals surface area contributed by atoms with Crippen LogP contribution < -0.4 is 10.2 Å². The van der Waals surface area contributed by atoms with Gasteiger partial charge in [-0.05, 0) is 31.6 Å². The Morgan fingerprint density at radius 2 is 2.05 bits per heavy atom. The number of carbonyl (C=O) groups is 1. The Bertz CT molecular complexity index is 453. The maximum absolute atomic E-state index is 12.4. The van der Waals surface area contributed by atoms with Gasteiger partial charge in [0.2, 0.25) is 5.91 Å². The average molecular weight is 276 g/mol. The van der Waals surface area contributed by atoms with E-state index in [1.54, 1.807) is 6.20 Å². The predicted octanol–water partition coefficient (Wildman–Crippen LogP) is 2.70. The minimum Gasteiger partial charge on any atom is -0.361 e. The van der Waals surface area contributed by atoms with Crippen molar-refractivity contribution < 1.29 is 4.79 Å². The van der Waals surface area contributed by atoms with Gasteiger partial charge in [0.15, 0.2) is 5.82 Å². The van der Waals surface area contributed by atoms with Gasteiger partial charge in [-0.2, -0.15) is 0 Å². The van der Waals surface area contributed by atoms with E-state index in [2.05, 4.69) is 22.2 Å². The summed E-state index contributed by atoms with van der Waals surface area (Å²) in [5.41, 5.74) is 0.695. The number of nitrogens with zero attached hydrogens (tertiary/aromatic N) is 3. The summed E-state index contributed by atoms with van der Waals surface area (Å²) in [6.45, 7) is 2.23. The van der Waals surface area contributed by atoms with Crippen molar-refractivity contribution in [3.63, 3.8) is 0 Å². The van der Waals surface area contributed by atoms with Gasteiger partial charge >= 0.3 is 0 Å². The third-order valence-corrected chi connectivity index (χ3v) is 4.17. The first kappa shape index (κ1) is 14.8. The summed E-state index contributed by atoms with van der Waals surface area (Å²) in [6, 6.07) is 0. The fraction of sp³-hybridized carbons (Fsp3) is 0.667. The number of nitrogens with one attached hydrogen (secondary N) is 1. The summed E-state index contributed by atoms with van der Waals surface area (Å²) >= 11 is 0. The molecule has 0 bridgehead atoms. The van der Waals surface area contributed by atoms with Crippen molar-refractivity contribution in [3.05, 3.63) is 12.5 Å². The lowest BCUT2D eigenvalue weighted by Crippen LogP contribution is -2.28. The molecule has 1 saturated carbocycles. The van der Waals surface area contributed by atoms with Crippen LogP contribution in [0.2, 0.25) is 0 Å². The third-order valence-electron chi connectivity index (χ3n) is 4.17. The maximum atomic E-state index is 12.4. The largest absolute Gasteiger partial charge is 0.361 e. The van der Waals surface area contributed by atoms with Gasteiger partial charge in [-0.1, -0.05) is 13.3 Å². The number of carbonyl (C=O) groups excluding carboxylic acids is 1. The minimum atomic E-state index is 0.109. The van der Waals surface area contributed by atoms with Gasteiger partial charge in [-0.25, -0.2) is 9.97 Å². The summed E-state index contributed by atoms with van der Waals surface area (Å²) in [6.07, 6.45) is 8.71. The topological polar surface area (TPSA) is 58.1 Å². The Hall–Kier alpha value is -1.65. The van der Waals surface area contributed by atoms with E-state index in [0.717, 1.165) is 24.6 Å². The molecule has 1 aliphatic rings. The molecule has 1 aromatic heterocycles. The van der Waals surface area contributed by atoms with Gasteiger partial charge in [0.05, 0.1) is 6.20 Å². The van der Waals surface area contributed by atoms with Crippen molar-refractivity contribution in [2.75, 3.05) is 24.3 Å². The van der Waals surface area contributed by atoms with E-state index in [4.69, 9.17) is 0 Å². The van der Waals surface area contributed by atoms with Gasteiger partial charge in [-0.15, -0.1) is 0 Å². The molecule has 110 valence electrons. The highest BCUT2D eigenvalue weighted by Gasteiger charge is 2.26. The molecule has 1 fully saturated rings. The summed E-state index contributed by atoms with van der Waals surface area (Å²) in [5, 5.41) is 2.99. The van der Waals surface area contributed by atoms with E-state index in [9.17, 15) is 4.79 Å². The predicted molar refractivity (Wildman–Crippen MR) is 80.7 cm³/mol. The molecule has 0 spiro atoms. The van der Waals surface area contributed by atoms with Crippen molar-refractivity contribution in [1.82, 2.24) is 9.97 Å². The quantitative estimate of drug-likeness (QED) is 0.918. The second kappa shape index (κ2) is 6.68. The lowest BCUT2D eigenvalue weighted by Gasteiger charge is -2.27. The molecule has 0 radical (unpaired) electrons. The average Bonchev–Trinajstić information content (AvgIpc) is 2.47. The zero-order chi connectivity index (χ0) is 14.5. The molecule has 20 heavy (non-hydrogen) atoms. The molecule has 1 amide bonds. The Labute approximate surface area is 120 Å². The first-order valence-corrected chi connectivity index (χ1v) is 7.40. The van der Waals surface area contributed by atoms with E-state index in [-0.39, 0.29) is 11.8 Å². The second-order valence-electron chi connectivity index (χ2n) is 5.77. The molecular weight excluding hydrogens is 252 g/mol. The number of hydrogen-bond acceptors (Lipinski definition) is 4. The summed E-state index contributed by atoms with van der Waals surface area (Å²) < 4.78 is 0. The van der Waals surface area contributed by atoms with Crippen LogP contribution in [0.3, 0.4) is 0 Å². The van der Waals surface area contributed by atoms with Gasteiger partial charge in [-0.3, -0.25) is 4.79 Å². The standard InChI is InChI=1S/C15H24N4O/c1-4-11-5-7-12(8-6-11)15(20)18-13-9-16-10-17-14(13)19(2)3/h9-12H,4-8H2,1-3H3,(H,18,20). The van der Waals surface area contributed by atoms with E-state index in [0.29, 0.717) is 5.69 Å². The summed E-state index contributed by atoms with van der Waals surface area (Å²) in [4.78, 5) is 22.4. The molecule has 0 aromatic carbocycles. The van der Waals surface area contributed by atoms with Crippen molar-refractivity contribution >= 4 is 17.4 Å². The van der Waals surface area contributed by atoms with Crippen LogP contribution >= 0.6 is 0 Å². The molecule has 0 aliphatic heterocycles. The van der Waals surface area contributed by atoms with Crippen LogP contribution in [0.4, 0.5) is 11.5 Å². The van der Waals surface area contributed by atoms with Gasteiger partial charge < -0.3 is 10.2 Å². The Morgan fingerprint density at radius 3 is 2.65 bits per heavy atom. The number of amides is 1. The second-order valence-corrected chi connectivity index (χ2v) is 5.77. The zero-order valence-electron chi connectivity index (χ0n) is 12.6. The molecule has 2 rings (SSSR count). The van der Waals surface area contributed by atoms with Crippen LogP contribution in [0.5, 0.6) is 0 Å². The fourth-order valence-corrected chi connectivity index (χ4v) is 2.84. The normalized spacial score (nSPS) is 22.4. The van der Waals surface area contributed by atoms with Gasteiger partial charge in [0.1, 0.15) is 12.0 Å². The highest BCUT2D eigenvalue weighted by molar-refractivity contribution is 5.94.